The molecule has 2 heterocycles. The fourth-order valence-corrected chi connectivity index (χ4v) is 2.89. The molecule has 0 atom stereocenters. The Labute approximate surface area is 148 Å². The molecule has 0 aliphatic heterocycles. The number of rotatable bonds is 4. The molecule has 2 aromatic heterocycles. The molecule has 2 N–H and O–H groups in total. The van der Waals surface area contributed by atoms with Gasteiger partial charge >= 0.3 is 0 Å². The minimum Gasteiger partial charge on any atom is -0.337 e. The number of nitrogens with one attached hydrogen (secondary N) is 2. The van der Waals surface area contributed by atoms with Gasteiger partial charge in [0.1, 0.15) is 5.82 Å². The summed E-state index contributed by atoms with van der Waals surface area (Å²) in [5.41, 5.74) is 4.87. The summed E-state index contributed by atoms with van der Waals surface area (Å²) in [7, 11) is 0. The first kappa shape index (κ1) is 15.4. The monoisotopic (exact) mass is 348 g/mol. The number of carbonyl (C=O) groups excluding carboxylic acids is 1. The van der Waals surface area contributed by atoms with Gasteiger partial charge in [-0.2, -0.15) is 0 Å². The number of nitrogens with zero attached hydrogens (tertiary/aromatic N) is 2. The molecule has 0 aliphatic carbocycles. The van der Waals surface area contributed by atoms with E-state index >= 15 is 0 Å². The first-order valence-corrected chi connectivity index (χ1v) is 8.04. The van der Waals surface area contributed by atoms with Crippen molar-refractivity contribution in [2.75, 3.05) is 5.32 Å². The molecule has 0 fully saturated rings. The zero-order valence-corrected chi connectivity index (χ0v) is 13.8. The highest BCUT2D eigenvalue weighted by Crippen LogP contribution is 2.30. The van der Waals surface area contributed by atoms with Crippen LogP contribution in [0.2, 0.25) is 5.02 Å². The molecular formula is C19H13ClN4O. The summed E-state index contributed by atoms with van der Waals surface area (Å²) in [6.07, 6.45) is 2.42. The van der Waals surface area contributed by atoms with Gasteiger partial charge in [-0.25, -0.2) is 9.97 Å². The van der Waals surface area contributed by atoms with Gasteiger partial charge in [0.2, 0.25) is 6.41 Å². The predicted octanol–water partition coefficient (Wildman–Crippen LogP) is 4.51. The van der Waals surface area contributed by atoms with E-state index in [0.717, 1.165) is 16.6 Å². The highest BCUT2D eigenvalue weighted by atomic mass is 35.5. The summed E-state index contributed by atoms with van der Waals surface area (Å²) in [6.45, 7) is 0. The Kier molecular flexibility index (Phi) is 3.91. The first-order valence-electron chi connectivity index (χ1n) is 7.66. The third-order valence-corrected chi connectivity index (χ3v) is 4.22. The standard InChI is InChI=1S/C19H13ClN4O/c20-16-7-6-14(22-11-25)9-15(16)18-23-17-8-13(10-21-19(17)24-18)12-4-2-1-3-5-12/h1-11H,(H,22,25)(H,21,23,24). The SMILES string of the molecule is O=CNc1ccc(Cl)c(-c2nc3ncc(-c4ccccc4)cc3[nH]2)c1. The van der Waals surface area contributed by atoms with Crippen LogP contribution in [-0.2, 0) is 4.79 Å². The van der Waals surface area contributed by atoms with Gasteiger partial charge in [-0.1, -0.05) is 41.9 Å². The Morgan fingerprint density at radius 1 is 1.04 bits per heavy atom. The predicted molar refractivity (Wildman–Crippen MR) is 99.5 cm³/mol. The average molecular weight is 349 g/mol. The molecule has 0 aliphatic rings. The molecule has 0 spiro atoms. The fourth-order valence-electron chi connectivity index (χ4n) is 2.68. The van der Waals surface area contributed by atoms with Crippen LogP contribution < -0.4 is 5.32 Å². The van der Waals surface area contributed by atoms with E-state index in [1.807, 2.05) is 36.4 Å². The van der Waals surface area contributed by atoms with Crippen molar-refractivity contribution in [3.05, 3.63) is 65.8 Å². The van der Waals surface area contributed by atoms with Crippen molar-refractivity contribution in [1.82, 2.24) is 15.0 Å². The number of fused-ring (bicyclic) bond motifs is 1. The summed E-state index contributed by atoms with van der Waals surface area (Å²) >= 11 is 6.29. The number of hydrogen-bond acceptors (Lipinski definition) is 3. The summed E-state index contributed by atoms with van der Waals surface area (Å²) in [6, 6.07) is 17.3. The number of imidazole rings is 1. The van der Waals surface area contributed by atoms with Crippen molar-refractivity contribution in [1.29, 1.82) is 0 Å². The number of anilines is 1. The minimum absolute atomic E-state index is 0.541. The number of benzene rings is 2. The van der Waals surface area contributed by atoms with Crippen LogP contribution in [0.15, 0.2) is 60.8 Å². The maximum Gasteiger partial charge on any atom is 0.211 e. The van der Waals surface area contributed by atoms with Crippen LogP contribution in [-0.4, -0.2) is 21.4 Å². The molecule has 4 rings (SSSR count). The number of aromatic nitrogens is 3. The van der Waals surface area contributed by atoms with Crippen LogP contribution in [0.3, 0.4) is 0 Å². The van der Waals surface area contributed by atoms with Gasteiger partial charge in [0.25, 0.3) is 0 Å². The summed E-state index contributed by atoms with van der Waals surface area (Å²) in [4.78, 5) is 22.8. The Hall–Kier alpha value is -3.18. The zero-order chi connectivity index (χ0) is 17.2. The average Bonchev–Trinajstić information content (AvgIpc) is 3.07. The number of H-pyrrole nitrogens is 1. The first-order chi connectivity index (χ1) is 12.2. The molecule has 1 amide bonds. The maximum atomic E-state index is 10.6. The van der Waals surface area contributed by atoms with E-state index in [9.17, 15) is 4.79 Å². The van der Waals surface area contributed by atoms with Crippen molar-refractivity contribution in [3.8, 4) is 22.5 Å². The number of halogens is 1. The zero-order valence-electron chi connectivity index (χ0n) is 13.0. The van der Waals surface area contributed by atoms with E-state index in [2.05, 4.69) is 20.3 Å². The molecule has 0 unspecified atom stereocenters. The van der Waals surface area contributed by atoms with Crippen molar-refractivity contribution in [3.63, 3.8) is 0 Å². The Morgan fingerprint density at radius 2 is 1.88 bits per heavy atom. The molecule has 2 aromatic carbocycles. The second-order valence-electron chi connectivity index (χ2n) is 5.50. The smallest absolute Gasteiger partial charge is 0.211 e. The van der Waals surface area contributed by atoms with Crippen LogP contribution in [0, 0.1) is 0 Å². The largest absolute Gasteiger partial charge is 0.337 e. The molecule has 122 valence electrons. The number of aromatic amines is 1. The molecule has 0 saturated heterocycles. The summed E-state index contributed by atoms with van der Waals surface area (Å²) in [5.74, 6) is 0.604. The number of amides is 1. The van der Waals surface area contributed by atoms with E-state index in [4.69, 9.17) is 11.6 Å². The molecule has 4 aromatic rings. The van der Waals surface area contributed by atoms with Gasteiger partial charge in [-0.15, -0.1) is 0 Å². The molecule has 0 bridgehead atoms. The van der Waals surface area contributed by atoms with Gasteiger partial charge in [0.15, 0.2) is 5.65 Å². The highest BCUT2D eigenvalue weighted by molar-refractivity contribution is 6.33. The van der Waals surface area contributed by atoms with Crippen LogP contribution >= 0.6 is 11.6 Å². The Balaban J connectivity index is 1.79. The third kappa shape index (κ3) is 2.97. The number of carbonyl (C=O) groups is 1. The van der Waals surface area contributed by atoms with Crippen LogP contribution in [0.1, 0.15) is 0 Å². The fraction of sp³-hybridized carbons (Fsp3) is 0. The van der Waals surface area contributed by atoms with Crippen LogP contribution in [0.4, 0.5) is 5.69 Å². The lowest BCUT2D eigenvalue weighted by atomic mass is 10.1. The third-order valence-electron chi connectivity index (χ3n) is 3.89. The van der Waals surface area contributed by atoms with Crippen molar-refractivity contribution in [2.24, 2.45) is 0 Å². The lowest BCUT2D eigenvalue weighted by Crippen LogP contribution is -1.94. The van der Waals surface area contributed by atoms with E-state index in [1.165, 1.54) is 0 Å². The van der Waals surface area contributed by atoms with Crippen molar-refractivity contribution >= 4 is 34.9 Å². The van der Waals surface area contributed by atoms with Gasteiger partial charge in [-0.05, 0) is 29.8 Å². The van der Waals surface area contributed by atoms with Gasteiger partial charge in [0, 0.05) is 23.0 Å². The van der Waals surface area contributed by atoms with E-state index in [1.54, 1.807) is 24.4 Å². The molecule has 25 heavy (non-hydrogen) atoms. The highest BCUT2D eigenvalue weighted by Gasteiger charge is 2.11. The molecule has 6 heteroatoms. The van der Waals surface area contributed by atoms with E-state index in [-0.39, 0.29) is 0 Å². The lowest BCUT2D eigenvalue weighted by Gasteiger charge is -2.04. The van der Waals surface area contributed by atoms with Crippen molar-refractivity contribution < 1.29 is 4.79 Å². The second kappa shape index (κ2) is 6.37. The van der Waals surface area contributed by atoms with Crippen LogP contribution in [0.5, 0.6) is 0 Å². The minimum atomic E-state index is 0.541. The van der Waals surface area contributed by atoms with Gasteiger partial charge in [-0.3, -0.25) is 4.79 Å². The number of pyridine rings is 1. The lowest BCUT2D eigenvalue weighted by molar-refractivity contribution is -0.105. The molecule has 0 radical (unpaired) electrons. The quantitative estimate of drug-likeness (QED) is 0.533. The van der Waals surface area contributed by atoms with E-state index < -0.39 is 0 Å². The second-order valence-corrected chi connectivity index (χ2v) is 5.91. The molecule has 0 saturated carbocycles. The van der Waals surface area contributed by atoms with Crippen LogP contribution in [0.25, 0.3) is 33.7 Å². The van der Waals surface area contributed by atoms with Gasteiger partial charge < -0.3 is 10.3 Å². The Morgan fingerprint density at radius 3 is 2.68 bits per heavy atom. The topological polar surface area (TPSA) is 70.7 Å². The normalized spacial score (nSPS) is 10.8. The molecule has 5 nitrogen and oxygen atoms in total. The van der Waals surface area contributed by atoms with Gasteiger partial charge in [0.05, 0.1) is 10.5 Å². The maximum absolute atomic E-state index is 10.6. The van der Waals surface area contributed by atoms with Crippen molar-refractivity contribution in [2.45, 2.75) is 0 Å². The Bertz CT molecular complexity index is 1060. The number of hydrogen-bond donors (Lipinski definition) is 2. The summed E-state index contributed by atoms with van der Waals surface area (Å²) in [5, 5.41) is 3.15. The molecular weight excluding hydrogens is 336 g/mol. The van der Waals surface area contributed by atoms with E-state index in [0.29, 0.717) is 34.2 Å². The summed E-state index contributed by atoms with van der Waals surface area (Å²) < 4.78 is 0.